The molecule has 0 bridgehead atoms. The Bertz CT molecular complexity index is 603. The molecule has 1 saturated heterocycles. The maximum absolute atomic E-state index is 5.69. The Kier molecular flexibility index (Phi) is 5.41. The molecular weight excluding hydrogens is 284 g/mol. The van der Waals surface area contributed by atoms with Gasteiger partial charge in [-0.1, -0.05) is 19.1 Å². The molecule has 1 aliphatic rings. The van der Waals surface area contributed by atoms with Crippen molar-refractivity contribution in [1.82, 2.24) is 0 Å². The largest absolute Gasteiger partial charge is 0.494 e. The molecule has 1 aliphatic heterocycles. The van der Waals surface area contributed by atoms with Gasteiger partial charge in [0.2, 0.25) is 0 Å². The van der Waals surface area contributed by atoms with Crippen molar-refractivity contribution in [2.75, 3.05) is 29.9 Å². The maximum atomic E-state index is 5.69. The van der Waals surface area contributed by atoms with Crippen LogP contribution in [0.3, 0.4) is 0 Å². The zero-order chi connectivity index (χ0) is 15.9. The third kappa shape index (κ3) is 4.41. The Morgan fingerprint density at radius 2 is 1.83 bits per heavy atom. The van der Waals surface area contributed by atoms with Crippen LogP contribution in [0.15, 0.2) is 48.5 Å². The van der Waals surface area contributed by atoms with Gasteiger partial charge in [-0.05, 0) is 61.2 Å². The van der Waals surface area contributed by atoms with E-state index in [-0.39, 0.29) is 0 Å². The minimum atomic E-state index is 0.773. The number of anilines is 2. The smallest absolute Gasteiger partial charge is 0.119 e. The number of hydrogen-bond acceptors (Lipinski definition) is 3. The summed E-state index contributed by atoms with van der Waals surface area (Å²) in [7, 11) is 0. The number of ether oxygens (including phenoxy) is 1. The predicted octanol–water partition coefficient (Wildman–Crippen LogP) is 4.69. The summed E-state index contributed by atoms with van der Waals surface area (Å²) in [5, 5.41) is 3.49. The topological polar surface area (TPSA) is 24.5 Å². The molecule has 23 heavy (non-hydrogen) atoms. The Morgan fingerprint density at radius 3 is 2.57 bits per heavy atom. The SMILES string of the molecule is CCCOc1cccc(CNc2ccc(N3CCCC3)cc2)c1. The highest BCUT2D eigenvalue weighted by molar-refractivity contribution is 5.55. The van der Waals surface area contributed by atoms with Gasteiger partial charge in [-0.25, -0.2) is 0 Å². The highest BCUT2D eigenvalue weighted by atomic mass is 16.5. The van der Waals surface area contributed by atoms with Gasteiger partial charge < -0.3 is 15.0 Å². The van der Waals surface area contributed by atoms with Crippen LogP contribution in [0.2, 0.25) is 0 Å². The summed E-state index contributed by atoms with van der Waals surface area (Å²) in [6.45, 7) is 6.09. The van der Waals surface area contributed by atoms with E-state index in [4.69, 9.17) is 4.74 Å². The van der Waals surface area contributed by atoms with Gasteiger partial charge in [-0.15, -0.1) is 0 Å². The van der Waals surface area contributed by atoms with Crippen molar-refractivity contribution in [3.05, 3.63) is 54.1 Å². The predicted molar refractivity (Wildman–Crippen MR) is 97.4 cm³/mol. The van der Waals surface area contributed by atoms with Gasteiger partial charge in [-0.2, -0.15) is 0 Å². The lowest BCUT2D eigenvalue weighted by Crippen LogP contribution is -2.17. The zero-order valence-corrected chi connectivity index (χ0v) is 13.9. The van der Waals surface area contributed by atoms with Gasteiger partial charge in [0, 0.05) is 31.0 Å². The molecule has 3 heteroatoms. The van der Waals surface area contributed by atoms with E-state index in [9.17, 15) is 0 Å². The number of nitrogens with one attached hydrogen (secondary N) is 1. The van der Waals surface area contributed by atoms with Crippen LogP contribution in [0.5, 0.6) is 5.75 Å². The Morgan fingerprint density at radius 1 is 1.04 bits per heavy atom. The Balaban J connectivity index is 1.55. The van der Waals surface area contributed by atoms with E-state index in [0.717, 1.165) is 31.0 Å². The van der Waals surface area contributed by atoms with Crippen LogP contribution < -0.4 is 15.0 Å². The summed E-state index contributed by atoms with van der Waals surface area (Å²) >= 11 is 0. The lowest BCUT2D eigenvalue weighted by Gasteiger charge is -2.18. The van der Waals surface area contributed by atoms with E-state index >= 15 is 0 Å². The highest BCUT2D eigenvalue weighted by Gasteiger charge is 2.11. The van der Waals surface area contributed by atoms with E-state index in [1.165, 1.54) is 37.2 Å². The average molecular weight is 310 g/mol. The van der Waals surface area contributed by atoms with Gasteiger partial charge in [-0.3, -0.25) is 0 Å². The van der Waals surface area contributed by atoms with Gasteiger partial charge in [0.15, 0.2) is 0 Å². The molecule has 0 aromatic heterocycles. The first-order valence-corrected chi connectivity index (χ1v) is 8.66. The quantitative estimate of drug-likeness (QED) is 0.803. The van der Waals surface area contributed by atoms with Crippen molar-refractivity contribution in [2.45, 2.75) is 32.7 Å². The van der Waals surface area contributed by atoms with E-state index in [0.29, 0.717) is 0 Å². The lowest BCUT2D eigenvalue weighted by molar-refractivity contribution is 0.317. The molecule has 0 amide bonds. The first-order chi connectivity index (χ1) is 11.3. The molecule has 0 saturated carbocycles. The Labute approximate surface area is 139 Å². The Hall–Kier alpha value is -2.16. The van der Waals surface area contributed by atoms with Gasteiger partial charge in [0.25, 0.3) is 0 Å². The molecule has 3 nitrogen and oxygen atoms in total. The summed E-state index contributed by atoms with van der Waals surface area (Å²) < 4.78 is 5.69. The monoisotopic (exact) mass is 310 g/mol. The molecular formula is C20H26N2O. The zero-order valence-electron chi connectivity index (χ0n) is 13.9. The summed E-state index contributed by atoms with van der Waals surface area (Å²) in [5.74, 6) is 0.954. The van der Waals surface area contributed by atoms with E-state index in [1.54, 1.807) is 0 Å². The summed E-state index contributed by atoms with van der Waals surface area (Å²) in [4.78, 5) is 2.46. The first kappa shape index (κ1) is 15.7. The summed E-state index contributed by atoms with van der Waals surface area (Å²) in [6, 6.07) is 17.1. The van der Waals surface area contributed by atoms with Crippen molar-refractivity contribution < 1.29 is 4.74 Å². The van der Waals surface area contributed by atoms with Crippen molar-refractivity contribution in [2.24, 2.45) is 0 Å². The average Bonchev–Trinajstić information content (AvgIpc) is 3.14. The standard InChI is InChI=1S/C20H26N2O/c1-2-14-23-20-7-5-6-17(15-20)16-21-18-8-10-19(11-9-18)22-12-3-4-13-22/h5-11,15,21H,2-4,12-14,16H2,1H3. The molecule has 3 rings (SSSR count). The fourth-order valence-electron chi connectivity index (χ4n) is 2.93. The molecule has 122 valence electrons. The van der Waals surface area contributed by atoms with Gasteiger partial charge in [0.05, 0.1) is 6.61 Å². The van der Waals surface area contributed by atoms with Crippen molar-refractivity contribution in [3.63, 3.8) is 0 Å². The molecule has 0 unspecified atom stereocenters. The highest BCUT2D eigenvalue weighted by Crippen LogP contribution is 2.22. The minimum absolute atomic E-state index is 0.773. The molecule has 0 spiro atoms. The minimum Gasteiger partial charge on any atom is -0.494 e. The maximum Gasteiger partial charge on any atom is 0.119 e. The summed E-state index contributed by atoms with van der Waals surface area (Å²) in [5.41, 5.74) is 3.73. The molecule has 0 aliphatic carbocycles. The van der Waals surface area contributed by atoms with Crippen LogP contribution in [0.4, 0.5) is 11.4 Å². The second kappa shape index (κ2) is 7.91. The van der Waals surface area contributed by atoms with E-state index in [2.05, 4.69) is 59.6 Å². The van der Waals surface area contributed by atoms with Crippen LogP contribution >= 0.6 is 0 Å². The van der Waals surface area contributed by atoms with Crippen molar-refractivity contribution in [1.29, 1.82) is 0 Å². The van der Waals surface area contributed by atoms with Crippen LogP contribution in [-0.2, 0) is 6.54 Å². The van der Waals surface area contributed by atoms with E-state index < -0.39 is 0 Å². The fourth-order valence-corrected chi connectivity index (χ4v) is 2.93. The van der Waals surface area contributed by atoms with Crippen molar-refractivity contribution in [3.8, 4) is 5.75 Å². The van der Waals surface area contributed by atoms with Gasteiger partial charge in [0.1, 0.15) is 5.75 Å². The van der Waals surface area contributed by atoms with Crippen molar-refractivity contribution >= 4 is 11.4 Å². The molecule has 2 aromatic carbocycles. The van der Waals surface area contributed by atoms with Crippen LogP contribution in [0, 0.1) is 0 Å². The fraction of sp³-hybridized carbons (Fsp3) is 0.400. The van der Waals surface area contributed by atoms with Crippen LogP contribution in [0.1, 0.15) is 31.7 Å². The summed E-state index contributed by atoms with van der Waals surface area (Å²) in [6.07, 6.45) is 3.67. The number of nitrogens with zero attached hydrogens (tertiary/aromatic N) is 1. The van der Waals surface area contributed by atoms with Crippen LogP contribution in [-0.4, -0.2) is 19.7 Å². The van der Waals surface area contributed by atoms with Gasteiger partial charge >= 0.3 is 0 Å². The lowest BCUT2D eigenvalue weighted by atomic mass is 10.2. The molecule has 0 atom stereocenters. The van der Waals surface area contributed by atoms with E-state index in [1.807, 2.05) is 6.07 Å². The third-order valence-electron chi connectivity index (χ3n) is 4.21. The molecule has 1 heterocycles. The molecule has 1 fully saturated rings. The first-order valence-electron chi connectivity index (χ1n) is 8.66. The second-order valence-corrected chi connectivity index (χ2v) is 6.09. The van der Waals surface area contributed by atoms with Crippen LogP contribution in [0.25, 0.3) is 0 Å². The molecule has 2 aromatic rings. The normalized spacial score (nSPS) is 14.0. The second-order valence-electron chi connectivity index (χ2n) is 6.09. The molecule has 1 N–H and O–H groups in total. The number of hydrogen-bond donors (Lipinski definition) is 1. The third-order valence-corrected chi connectivity index (χ3v) is 4.21. The molecule has 0 radical (unpaired) electrons. The number of benzene rings is 2. The number of rotatable bonds is 7.